The second kappa shape index (κ2) is 4.68. The molecular formula is C10H14FN3O3S. The zero-order chi connectivity index (χ0) is 13.2. The lowest BCUT2D eigenvalue weighted by Crippen LogP contribution is -2.25. The molecule has 1 aromatic rings. The third-order valence-electron chi connectivity index (χ3n) is 2.41. The predicted molar refractivity (Wildman–Crippen MR) is 63.7 cm³/mol. The number of sulfonamides is 1. The number of rotatable bonds is 6. The molecular weight excluding hydrogens is 261 g/mol. The molecule has 0 amide bonds. The van der Waals surface area contributed by atoms with E-state index in [4.69, 9.17) is 4.74 Å². The predicted octanol–water partition coefficient (Wildman–Crippen LogP) is 1.12. The largest absolute Gasteiger partial charge is 0.477 e. The fourth-order valence-electron chi connectivity index (χ4n) is 1.43. The number of nitrogens with zero attached hydrogens (tertiary/aromatic N) is 2. The summed E-state index contributed by atoms with van der Waals surface area (Å²) < 4.78 is 44.0. The number of aromatic nitrogens is 2. The van der Waals surface area contributed by atoms with Crippen molar-refractivity contribution in [2.24, 2.45) is 0 Å². The van der Waals surface area contributed by atoms with Gasteiger partial charge in [-0.1, -0.05) is 0 Å². The van der Waals surface area contributed by atoms with Crippen molar-refractivity contribution in [2.45, 2.75) is 25.4 Å². The first-order valence-corrected chi connectivity index (χ1v) is 7.22. The van der Waals surface area contributed by atoms with Crippen LogP contribution in [-0.4, -0.2) is 36.4 Å². The molecule has 1 aromatic heterocycles. The number of ether oxygens (including phenoxy) is 1. The van der Waals surface area contributed by atoms with Crippen molar-refractivity contribution in [2.75, 3.05) is 17.1 Å². The topological polar surface area (TPSA) is 81.2 Å². The van der Waals surface area contributed by atoms with Gasteiger partial charge in [0.2, 0.25) is 15.9 Å². The monoisotopic (exact) mass is 275 g/mol. The maximum atomic E-state index is 13.4. The average Bonchev–Trinajstić information content (AvgIpc) is 2.94. The molecule has 1 N–H and O–H groups in total. The summed E-state index contributed by atoms with van der Waals surface area (Å²) in [6.07, 6.45) is 3.20. The number of hydrogen-bond donors (Lipinski definition) is 1. The highest BCUT2D eigenvalue weighted by atomic mass is 32.2. The van der Waals surface area contributed by atoms with Crippen LogP contribution in [0.1, 0.15) is 19.8 Å². The lowest BCUT2D eigenvalue weighted by molar-refractivity contribution is 0.326. The SMILES string of the molecule is CCOc1cncc(NS(=O)(=O)CC2(F)CC2)n1. The first kappa shape index (κ1) is 13.0. The minimum absolute atomic E-state index is 0.0326. The van der Waals surface area contributed by atoms with E-state index >= 15 is 0 Å². The highest BCUT2D eigenvalue weighted by Crippen LogP contribution is 2.40. The van der Waals surface area contributed by atoms with Crippen molar-refractivity contribution in [3.05, 3.63) is 12.4 Å². The van der Waals surface area contributed by atoms with E-state index in [1.807, 2.05) is 0 Å². The summed E-state index contributed by atoms with van der Waals surface area (Å²) in [7, 11) is -3.74. The summed E-state index contributed by atoms with van der Waals surface area (Å²) in [6.45, 7) is 2.18. The van der Waals surface area contributed by atoms with Gasteiger partial charge in [-0.05, 0) is 19.8 Å². The summed E-state index contributed by atoms with van der Waals surface area (Å²) in [5.74, 6) is -0.287. The van der Waals surface area contributed by atoms with Crippen LogP contribution in [0.25, 0.3) is 0 Å². The number of alkyl halides is 1. The maximum absolute atomic E-state index is 13.4. The quantitative estimate of drug-likeness (QED) is 0.841. The van der Waals surface area contributed by atoms with Gasteiger partial charge in [0, 0.05) is 0 Å². The summed E-state index contributed by atoms with van der Waals surface area (Å²) in [5, 5.41) is 0. The van der Waals surface area contributed by atoms with Crippen LogP contribution in [0.15, 0.2) is 12.4 Å². The molecule has 1 aliphatic rings. The van der Waals surface area contributed by atoms with Crippen LogP contribution in [-0.2, 0) is 10.0 Å². The fourth-order valence-corrected chi connectivity index (χ4v) is 2.89. The third kappa shape index (κ3) is 3.52. The van der Waals surface area contributed by atoms with Crippen molar-refractivity contribution in [3.63, 3.8) is 0 Å². The van der Waals surface area contributed by atoms with Crippen LogP contribution in [0.4, 0.5) is 10.2 Å². The molecule has 1 saturated carbocycles. The number of halogens is 1. The highest BCUT2D eigenvalue weighted by molar-refractivity contribution is 7.92. The van der Waals surface area contributed by atoms with Crippen molar-refractivity contribution in [1.82, 2.24) is 9.97 Å². The van der Waals surface area contributed by atoms with Crippen LogP contribution in [0.5, 0.6) is 5.88 Å². The van der Waals surface area contributed by atoms with E-state index in [0.29, 0.717) is 19.4 Å². The van der Waals surface area contributed by atoms with Gasteiger partial charge in [0.1, 0.15) is 11.4 Å². The lowest BCUT2D eigenvalue weighted by atomic mass is 10.5. The molecule has 6 nitrogen and oxygen atoms in total. The molecule has 0 saturated heterocycles. The van der Waals surface area contributed by atoms with E-state index in [2.05, 4.69) is 14.7 Å². The molecule has 0 spiro atoms. The Hall–Kier alpha value is -1.44. The smallest absolute Gasteiger partial charge is 0.237 e. The molecule has 0 radical (unpaired) electrons. The van der Waals surface area contributed by atoms with E-state index in [9.17, 15) is 12.8 Å². The molecule has 0 aliphatic heterocycles. The first-order valence-electron chi connectivity index (χ1n) is 5.57. The van der Waals surface area contributed by atoms with Gasteiger partial charge in [0.05, 0.1) is 19.0 Å². The summed E-state index contributed by atoms with van der Waals surface area (Å²) in [5.41, 5.74) is -1.57. The van der Waals surface area contributed by atoms with Crippen LogP contribution >= 0.6 is 0 Å². The van der Waals surface area contributed by atoms with Crippen molar-refractivity contribution >= 4 is 15.8 Å². The van der Waals surface area contributed by atoms with E-state index in [0.717, 1.165) is 0 Å². The van der Waals surface area contributed by atoms with Gasteiger partial charge in [-0.15, -0.1) is 0 Å². The summed E-state index contributed by atoms with van der Waals surface area (Å²) >= 11 is 0. The van der Waals surface area contributed by atoms with E-state index in [1.165, 1.54) is 12.4 Å². The molecule has 1 heterocycles. The lowest BCUT2D eigenvalue weighted by Gasteiger charge is -2.09. The number of anilines is 1. The third-order valence-corrected chi connectivity index (χ3v) is 3.82. The molecule has 0 atom stereocenters. The van der Waals surface area contributed by atoms with Crippen LogP contribution in [0, 0.1) is 0 Å². The number of nitrogens with one attached hydrogen (secondary N) is 1. The van der Waals surface area contributed by atoms with Gasteiger partial charge < -0.3 is 4.74 Å². The molecule has 18 heavy (non-hydrogen) atoms. The minimum Gasteiger partial charge on any atom is -0.477 e. The van der Waals surface area contributed by atoms with Gasteiger partial charge in [-0.2, -0.15) is 4.98 Å². The molecule has 100 valence electrons. The Kier molecular flexibility index (Phi) is 3.38. The summed E-state index contributed by atoms with van der Waals surface area (Å²) in [6, 6.07) is 0. The standard InChI is InChI=1S/C10H14FN3O3S/c1-2-17-9-6-12-5-8(13-9)14-18(15,16)7-10(11)3-4-10/h5-6H,2-4,7H2,1H3,(H,13,14). The van der Waals surface area contributed by atoms with Gasteiger partial charge in [0.15, 0.2) is 5.82 Å². The van der Waals surface area contributed by atoms with Gasteiger partial charge in [0.25, 0.3) is 0 Å². The van der Waals surface area contributed by atoms with E-state index in [-0.39, 0.29) is 11.7 Å². The Morgan fingerprint density at radius 2 is 2.22 bits per heavy atom. The molecule has 0 unspecified atom stereocenters. The Balaban J connectivity index is 2.06. The molecule has 0 bridgehead atoms. The second-order valence-corrected chi connectivity index (χ2v) is 5.91. The Morgan fingerprint density at radius 3 is 2.83 bits per heavy atom. The molecule has 1 fully saturated rings. The minimum atomic E-state index is -3.74. The molecule has 2 rings (SSSR count). The first-order chi connectivity index (χ1) is 8.42. The fraction of sp³-hybridized carbons (Fsp3) is 0.600. The van der Waals surface area contributed by atoms with Crippen LogP contribution in [0.2, 0.25) is 0 Å². The Bertz CT molecular complexity index is 531. The van der Waals surface area contributed by atoms with Crippen LogP contribution in [0.3, 0.4) is 0 Å². The Labute approximate surface area is 105 Å². The molecule has 8 heteroatoms. The van der Waals surface area contributed by atoms with Gasteiger partial charge in [-0.3, -0.25) is 9.71 Å². The second-order valence-electron chi connectivity index (χ2n) is 4.19. The normalized spacial score (nSPS) is 17.2. The van der Waals surface area contributed by atoms with Gasteiger partial charge in [-0.25, -0.2) is 12.8 Å². The molecule has 1 aliphatic carbocycles. The van der Waals surface area contributed by atoms with Gasteiger partial charge >= 0.3 is 0 Å². The Morgan fingerprint density at radius 1 is 1.50 bits per heavy atom. The number of hydrogen-bond acceptors (Lipinski definition) is 5. The maximum Gasteiger partial charge on any atom is 0.237 e. The van der Waals surface area contributed by atoms with Crippen molar-refractivity contribution < 1.29 is 17.5 Å². The average molecular weight is 275 g/mol. The highest BCUT2D eigenvalue weighted by Gasteiger charge is 2.47. The van der Waals surface area contributed by atoms with E-state index < -0.39 is 21.4 Å². The van der Waals surface area contributed by atoms with Crippen molar-refractivity contribution in [1.29, 1.82) is 0 Å². The zero-order valence-electron chi connectivity index (χ0n) is 9.89. The summed E-state index contributed by atoms with van der Waals surface area (Å²) in [4.78, 5) is 7.69. The van der Waals surface area contributed by atoms with Crippen LogP contribution < -0.4 is 9.46 Å². The molecule has 0 aromatic carbocycles. The van der Waals surface area contributed by atoms with E-state index in [1.54, 1.807) is 6.92 Å². The zero-order valence-corrected chi connectivity index (χ0v) is 10.7. The van der Waals surface area contributed by atoms with Crippen molar-refractivity contribution in [3.8, 4) is 5.88 Å².